The molecule has 6 heteroatoms. The lowest BCUT2D eigenvalue weighted by Gasteiger charge is -2.13. The molecule has 4 aromatic rings. The number of hydrogen-bond acceptors (Lipinski definition) is 4. The van der Waals surface area contributed by atoms with Crippen LogP contribution in [0.1, 0.15) is 16.1 Å². The molecule has 0 aliphatic heterocycles. The smallest absolute Gasteiger partial charge is 0.255 e. The lowest BCUT2D eigenvalue weighted by Crippen LogP contribution is -2.13. The number of aromatic nitrogens is 3. The van der Waals surface area contributed by atoms with Gasteiger partial charge in [0.05, 0.1) is 5.69 Å². The SMILES string of the molecule is Cc1c(-c2cccc(NC(=O)c3ccc(N(C)C)cc3)c2)nc2ncccn12. The van der Waals surface area contributed by atoms with Gasteiger partial charge in [-0.1, -0.05) is 12.1 Å². The summed E-state index contributed by atoms with van der Waals surface area (Å²) >= 11 is 0. The van der Waals surface area contributed by atoms with Crippen LogP contribution in [0.15, 0.2) is 67.0 Å². The highest BCUT2D eigenvalue weighted by molar-refractivity contribution is 6.04. The fraction of sp³-hybridized carbons (Fsp3) is 0.136. The van der Waals surface area contributed by atoms with Gasteiger partial charge in [-0.3, -0.25) is 9.20 Å². The minimum absolute atomic E-state index is 0.143. The number of amides is 1. The van der Waals surface area contributed by atoms with Crippen molar-refractivity contribution in [1.82, 2.24) is 14.4 Å². The molecule has 0 fully saturated rings. The Hall–Kier alpha value is -3.67. The van der Waals surface area contributed by atoms with Gasteiger partial charge in [0, 0.05) is 54.7 Å². The average molecular weight is 371 g/mol. The van der Waals surface area contributed by atoms with Gasteiger partial charge in [0.1, 0.15) is 0 Å². The van der Waals surface area contributed by atoms with E-state index in [1.807, 2.05) is 91.1 Å². The maximum Gasteiger partial charge on any atom is 0.255 e. The number of benzene rings is 2. The van der Waals surface area contributed by atoms with Crippen molar-refractivity contribution in [3.8, 4) is 11.3 Å². The number of aryl methyl sites for hydroxylation is 1. The average Bonchev–Trinajstić information content (AvgIpc) is 3.05. The van der Waals surface area contributed by atoms with Gasteiger partial charge >= 0.3 is 0 Å². The van der Waals surface area contributed by atoms with Gasteiger partial charge in [-0.05, 0) is 49.4 Å². The van der Waals surface area contributed by atoms with E-state index in [0.717, 1.165) is 28.3 Å². The molecule has 0 radical (unpaired) electrons. The van der Waals surface area contributed by atoms with E-state index in [0.29, 0.717) is 11.3 Å². The summed E-state index contributed by atoms with van der Waals surface area (Å²) < 4.78 is 1.95. The monoisotopic (exact) mass is 371 g/mol. The Morgan fingerprint density at radius 3 is 2.57 bits per heavy atom. The van der Waals surface area contributed by atoms with Gasteiger partial charge in [0.25, 0.3) is 5.91 Å². The highest BCUT2D eigenvalue weighted by Crippen LogP contribution is 2.26. The summed E-state index contributed by atoms with van der Waals surface area (Å²) in [5.74, 6) is 0.515. The molecule has 4 rings (SSSR count). The number of anilines is 2. The number of carbonyl (C=O) groups is 1. The number of rotatable bonds is 4. The normalized spacial score (nSPS) is 10.8. The first-order valence-corrected chi connectivity index (χ1v) is 9.02. The summed E-state index contributed by atoms with van der Waals surface area (Å²) in [6, 6.07) is 17.1. The molecule has 0 saturated heterocycles. The second kappa shape index (κ2) is 7.15. The molecule has 0 spiro atoms. The summed E-state index contributed by atoms with van der Waals surface area (Å²) in [4.78, 5) is 23.5. The Morgan fingerprint density at radius 1 is 1.07 bits per heavy atom. The summed E-state index contributed by atoms with van der Waals surface area (Å²) in [6.07, 6.45) is 3.67. The van der Waals surface area contributed by atoms with Crippen LogP contribution in [0.2, 0.25) is 0 Å². The van der Waals surface area contributed by atoms with Gasteiger partial charge in [-0.25, -0.2) is 9.97 Å². The zero-order chi connectivity index (χ0) is 19.7. The highest BCUT2D eigenvalue weighted by Gasteiger charge is 2.12. The number of carbonyl (C=O) groups excluding carboxylic acids is 1. The van der Waals surface area contributed by atoms with E-state index >= 15 is 0 Å². The van der Waals surface area contributed by atoms with Crippen LogP contribution in [0.3, 0.4) is 0 Å². The van der Waals surface area contributed by atoms with Crippen molar-refractivity contribution in [3.63, 3.8) is 0 Å². The third-order valence-corrected chi connectivity index (χ3v) is 4.68. The van der Waals surface area contributed by atoms with E-state index in [1.54, 1.807) is 6.20 Å². The largest absolute Gasteiger partial charge is 0.378 e. The molecule has 0 unspecified atom stereocenters. The molecule has 0 atom stereocenters. The molecule has 0 aliphatic carbocycles. The molecule has 2 aromatic carbocycles. The summed E-state index contributed by atoms with van der Waals surface area (Å²) in [5.41, 5.74) is 5.18. The third kappa shape index (κ3) is 3.32. The Labute approximate surface area is 163 Å². The van der Waals surface area contributed by atoms with Gasteiger partial charge in [-0.15, -0.1) is 0 Å². The molecule has 0 aliphatic rings. The summed E-state index contributed by atoms with van der Waals surface area (Å²) in [7, 11) is 3.94. The van der Waals surface area contributed by atoms with Crippen LogP contribution in [0, 0.1) is 6.92 Å². The zero-order valence-electron chi connectivity index (χ0n) is 16.0. The van der Waals surface area contributed by atoms with Gasteiger partial charge in [0.2, 0.25) is 5.78 Å². The molecule has 2 heterocycles. The molecule has 28 heavy (non-hydrogen) atoms. The second-order valence-electron chi connectivity index (χ2n) is 6.81. The molecule has 140 valence electrons. The maximum absolute atomic E-state index is 12.6. The number of fused-ring (bicyclic) bond motifs is 1. The van der Waals surface area contributed by atoms with Gasteiger partial charge in [0.15, 0.2) is 0 Å². The first-order valence-electron chi connectivity index (χ1n) is 9.02. The van der Waals surface area contributed by atoms with Gasteiger partial charge in [-0.2, -0.15) is 0 Å². The molecule has 6 nitrogen and oxygen atoms in total. The molecular formula is C22H21N5O. The Morgan fingerprint density at radius 2 is 1.86 bits per heavy atom. The third-order valence-electron chi connectivity index (χ3n) is 4.68. The van der Waals surface area contributed by atoms with E-state index in [9.17, 15) is 4.79 Å². The number of hydrogen-bond donors (Lipinski definition) is 1. The quantitative estimate of drug-likeness (QED) is 0.588. The first kappa shape index (κ1) is 17.7. The van der Waals surface area contributed by atoms with Crippen molar-refractivity contribution >= 4 is 23.1 Å². The minimum Gasteiger partial charge on any atom is -0.378 e. The molecule has 1 N–H and O–H groups in total. The lowest BCUT2D eigenvalue weighted by atomic mass is 10.1. The Kier molecular flexibility index (Phi) is 4.53. The fourth-order valence-electron chi connectivity index (χ4n) is 3.13. The molecular weight excluding hydrogens is 350 g/mol. The highest BCUT2D eigenvalue weighted by atomic mass is 16.1. The van der Waals surface area contributed by atoms with Crippen LogP contribution in [-0.4, -0.2) is 34.4 Å². The molecule has 2 aromatic heterocycles. The van der Waals surface area contributed by atoms with E-state index in [-0.39, 0.29) is 5.91 Å². The van der Waals surface area contributed by atoms with E-state index in [1.165, 1.54) is 0 Å². The first-order chi connectivity index (χ1) is 13.5. The van der Waals surface area contributed by atoms with E-state index < -0.39 is 0 Å². The molecule has 1 amide bonds. The summed E-state index contributed by atoms with van der Waals surface area (Å²) in [6.45, 7) is 2.01. The minimum atomic E-state index is -0.143. The van der Waals surface area contributed by atoms with Crippen molar-refractivity contribution in [1.29, 1.82) is 0 Å². The van der Waals surface area contributed by atoms with Crippen LogP contribution in [-0.2, 0) is 0 Å². The van der Waals surface area contributed by atoms with Crippen LogP contribution >= 0.6 is 0 Å². The maximum atomic E-state index is 12.6. The molecule has 0 bridgehead atoms. The number of imidazole rings is 1. The van der Waals surface area contributed by atoms with Crippen LogP contribution in [0.25, 0.3) is 17.0 Å². The summed E-state index contributed by atoms with van der Waals surface area (Å²) in [5, 5.41) is 2.97. The van der Waals surface area contributed by atoms with Crippen molar-refractivity contribution in [3.05, 3.63) is 78.2 Å². The second-order valence-corrected chi connectivity index (χ2v) is 6.81. The standard InChI is InChI=1S/C22H21N5O/c1-15-20(25-22-23-12-5-13-27(15)22)17-6-4-7-18(14-17)24-21(28)16-8-10-19(11-9-16)26(2)3/h4-14H,1-3H3,(H,24,28). The zero-order valence-corrected chi connectivity index (χ0v) is 16.0. The van der Waals surface area contributed by atoms with Crippen molar-refractivity contribution < 1.29 is 4.79 Å². The van der Waals surface area contributed by atoms with Gasteiger partial charge < -0.3 is 10.2 Å². The Balaban J connectivity index is 1.60. The van der Waals surface area contributed by atoms with Crippen molar-refractivity contribution in [2.45, 2.75) is 6.92 Å². The van der Waals surface area contributed by atoms with Crippen molar-refractivity contribution in [2.75, 3.05) is 24.3 Å². The fourth-order valence-corrected chi connectivity index (χ4v) is 3.13. The predicted octanol–water partition coefficient (Wildman–Crippen LogP) is 4.02. The predicted molar refractivity (Wildman–Crippen MR) is 112 cm³/mol. The number of nitrogens with one attached hydrogen (secondary N) is 1. The Bertz CT molecular complexity index is 1150. The molecule has 0 saturated carbocycles. The number of nitrogens with zero attached hydrogens (tertiary/aromatic N) is 4. The van der Waals surface area contributed by atoms with Crippen LogP contribution in [0.4, 0.5) is 11.4 Å². The van der Waals surface area contributed by atoms with E-state index in [4.69, 9.17) is 0 Å². The van der Waals surface area contributed by atoms with Crippen LogP contribution < -0.4 is 10.2 Å². The van der Waals surface area contributed by atoms with Crippen LogP contribution in [0.5, 0.6) is 0 Å². The topological polar surface area (TPSA) is 62.5 Å². The lowest BCUT2D eigenvalue weighted by molar-refractivity contribution is 0.102. The van der Waals surface area contributed by atoms with E-state index in [2.05, 4.69) is 15.3 Å². The van der Waals surface area contributed by atoms with Crippen molar-refractivity contribution in [2.24, 2.45) is 0 Å².